The number of rotatable bonds is 3. The van der Waals surface area contributed by atoms with Crippen molar-refractivity contribution in [1.29, 1.82) is 0 Å². The number of hydrogen-bond acceptors (Lipinski definition) is 3. The number of nitrogens with zero attached hydrogens (tertiary/aromatic N) is 2. The predicted molar refractivity (Wildman–Crippen MR) is 98.1 cm³/mol. The van der Waals surface area contributed by atoms with Gasteiger partial charge in [-0.15, -0.1) is 11.8 Å². The van der Waals surface area contributed by atoms with Gasteiger partial charge in [0.2, 0.25) is 0 Å². The number of aromatic nitrogens is 4. The monoisotopic (exact) mass is 454 g/mol. The van der Waals surface area contributed by atoms with E-state index in [2.05, 4.69) is 5.10 Å². The number of hydrogen-bond donors (Lipinski definition) is 2. The Hall–Kier alpha value is -2.83. The van der Waals surface area contributed by atoms with E-state index in [4.69, 9.17) is 0 Å². The molecule has 0 bridgehead atoms. The fourth-order valence-electron chi connectivity index (χ4n) is 2.27. The summed E-state index contributed by atoms with van der Waals surface area (Å²) in [5.74, 6) is -0.0188. The molecule has 2 aromatic heterocycles. The Morgan fingerprint density at radius 1 is 0.900 bits per heavy atom. The Labute approximate surface area is 169 Å². The van der Waals surface area contributed by atoms with E-state index in [9.17, 15) is 35.9 Å². The number of thioether (sulfide) groups is 1. The lowest BCUT2D eigenvalue weighted by atomic mass is 10.3. The first kappa shape index (κ1) is 23.4. The smallest absolute Gasteiger partial charge is 0.291 e. The summed E-state index contributed by atoms with van der Waals surface area (Å²) in [6.45, 7) is 0. The SMILES string of the molecule is Cn1[nH]c(C(F)(F)F)c(CSc2ccccc2)c1=O.Cn1[nH]c(C(F)(F)F)cc1=O. The van der Waals surface area contributed by atoms with E-state index >= 15 is 0 Å². The fourth-order valence-corrected chi connectivity index (χ4v) is 3.20. The maximum atomic E-state index is 12.8. The van der Waals surface area contributed by atoms with Crippen LogP contribution in [0.25, 0.3) is 0 Å². The number of halogens is 6. The number of benzene rings is 1. The van der Waals surface area contributed by atoms with Crippen molar-refractivity contribution >= 4 is 11.8 Å². The minimum atomic E-state index is -4.55. The first-order chi connectivity index (χ1) is 13.8. The van der Waals surface area contributed by atoms with E-state index in [-0.39, 0.29) is 11.3 Å². The molecule has 0 saturated carbocycles. The first-order valence-corrected chi connectivity index (χ1v) is 9.15. The summed E-state index contributed by atoms with van der Waals surface area (Å²) >= 11 is 1.20. The highest BCUT2D eigenvalue weighted by atomic mass is 32.2. The van der Waals surface area contributed by atoms with E-state index in [0.29, 0.717) is 6.07 Å². The van der Waals surface area contributed by atoms with Crippen LogP contribution in [0.1, 0.15) is 17.0 Å². The van der Waals surface area contributed by atoms with Crippen LogP contribution >= 0.6 is 11.8 Å². The van der Waals surface area contributed by atoms with Crippen molar-refractivity contribution in [2.45, 2.75) is 23.0 Å². The Kier molecular flexibility index (Phi) is 6.95. The molecule has 0 radical (unpaired) electrons. The molecule has 6 nitrogen and oxygen atoms in total. The van der Waals surface area contributed by atoms with E-state index in [1.807, 2.05) is 11.2 Å². The fraction of sp³-hybridized carbons (Fsp3) is 0.294. The van der Waals surface area contributed by atoms with Crippen LogP contribution in [0.15, 0.2) is 50.9 Å². The molecule has 0 amide bonds. The van der Waals surface area contributed by atoms with Crippen LogP contribution in [-0.2, 0) is 32.2 Å². The molecule has 3 rings (SSSR count). The largest absolute Gasteiger partial charge is 0.433 e. The normalized spacial score (nSPS) is 11.9. The van der Waals surface area contributed by atoms with Crippen LogP contribution in [0.2, 0.25) is 0 Å². The zero-order valence-corrected chi connectivity index (χ0v) is 16.4. The number of aryl methyl sites for hydroxylation is 2. The van der Waals surface area contributed by atoms with Crippen molar-refractivity contribution in [2.75, 3.05) is 0 Å². The quantitative estimate of drug-likeness (QED) is 0.468. The maximum absolute atomic E-state index is 12.8. The van der Waals surface area contributed by atoms with E-state index < -0.39 is 34.9 Å². The van der Waals surface area contributed by atoms with Crippen LogP contribution < -0.4 is 11.1 Å². The molecule has 0 aliphatic heterocycles. The molecule has 13 heteroatoms. The minimum absolute atomic E-state index is 0.0188. The zero-order chi connectivity index (χ0) is 22.7. The summed E-state index contributed by atoms with van der Waals surface area (Å²) < 4.78 is 75.3. The molecular formula is C17H16F6N4O2S. The highest BCUT2D eigenvalue weighted by Crippen LogP contribution is 2.32. The standard InChI is InChI=1S/C12H11F3N2OS.C5H5F3N2O/c1-17-11(18)9(10(16-17)12(13,14)15)7-19-8-5-3-2-4-6-8;1-10-4(11)2-3(9-10)5(6,7)8/h2-6,16H,7H2,1H3;2,9H,1H3. The Morgan fingerprint density at radius 3 is 1.93 bits per heavy atom. The maximum Gasteiger partial charge on any atom is 0.433 e. The molecule has 2 heterocycles. The van der Waals surface area contributed by atoms with Crippen LogP contribution in [-0.4, -0.2) is 19.6 Å². The molecule has 2 N–H and O–H groups in total. The third-order valence-corrected chi connectivity index (χ3v) is 4.78. The summed E-state index contributed by atoms with van der Waals surface area (Å²) in [5, 5.41) is 3.92. The van der Waals surface area contributed by atoms with E-state index in [0.717, 1.165) is 14.3 Å². The van der Waals surface area contributed by atoms with Gasteiger partial charge in [0.1, 0.15) is 11.4 Å². The summed E-state index contributed by atoms with van der Waals surface area (Å²) in [4.78, 5) is 23.0. The summed E-state index contributed by atoms with van der Waals surface area (Å²) in [6, 6.07) is 9.50. The van der Waals surface area contributed by atoms with Crippen molar-refractivity contribution < 1.29 is 26.3 Å². The van der Waals surface area contributed by atoms with Gasteiger partial charge in [-0.3, -0.25) is 29.2 Å². The molecule has 0 fully saturated rings. The van der Waals surface area contributed by atoms with Gasteiger partial charge in [0.05, 0.1) is 5.56 Å². The van der Waals surface area contributed by atoms with Crippen molar-refractivity contribution in [3.63, 3.8) is 0 Å². The van der Waals surface area contributed by atoms with Crippen molar-refractivity contribution in [2.24, 2.45) is 14.1 Å². The topological polar surface area (TPSA) is 75.6 Å². The first-order valence-electron chi connectivity index (χ1n) is 8.17. The van der Waals surface area contributed by atoms with Crippen molar-refractivity contribution in [3.8, 4) is 0 Å². The lowest BCUT2D eigenvalue weighted by Crippen LogP contribution is -2.15. The van der Waals surface area contributed by atoms with Crippen LogP contribution in [0.5, 0.6) is 0 Å². The van der Waals surface area contributed by atoms with Crippen LogP contribution in [0.4, 0.5) is 26.3 Å². The van der Waals surface area contributed by atoms with Gasteiger partial charge >= 0.3 is 12.4 Å². The third-order valence-electron chi connectivity index (χ3n) is 3.75. The summed E-state index contributed by atoms with van der Waals surface area (Å²) in [7, 11) is 2.49. The number of aromatic amines is 2. The Bertz CT molecular complexity index is 1090. The summed E-state index contributed by atoms with van der Waals surface area (Å²) in [5.41, 5.74) is -3.58. The second-order valence-electron chi connectivity index (χ2n) is 5.99. The van der Waals surface area contributed by atoms with E-state index in [1.54, 1.807) is 24.3 Å². The zero-order valence-electron chi connectivity index (χ0n) is 15.6. The number of H-pyrrole nitrogens is 2. The van der Waals surface area contributed by atoms with Crippen molar-refractivity contribution in [1.82, 2.24) is 19.6 Å². The number of alkyl halides is 6. The molecule has 0 unspecified atom stereocenters. The average Bonchev–Trinajstić information content (AvgIpc) is 3.14. The lowest BCUT2D eigenvalue weighted by Gasteiger charge is -2.06. The van der Waals surface area contributed by atoms with E-state index in [1.165, 1.54) is 25.9 Å². The Morgan fingerprint density at radius 2 is 1.50 bits per heavy atom. The van der Waals surface area contributed by atoms with Gasteiger partial charge in [0.25, 0.3) is 11.1 Å². The van der Waals surface area contributed by atoms with Crippen molar-refractivity contribution in [3.05, 3.63) is 74.1 Å². The van der Waals surface area contributed by atoms with Gasteiger partial charge in [-0.1, -0.05) is 18.2 Å². The van der Waals surface area contributed by atoms with Gasteiger partial charge < -0.3 is 0 Å². The highest BCUT2D eigenvalue weighted by molar-refractivity contribution is 7.98. The van der Waals surface area contributed by atoms with Crippen LogP contribution in [0.3, 0.4) is 0 Å². The summed E-state index contributed by atoms with van der Waals surface area (Å²) in [6.07, 6.45) is -9.02. The van der Waals surface area contributed by atoms with Gasteiger partial charge in [0, 0.05) is 30.8 Å². The molecule has 164 valence electrons. The van der Waals surface area contributed by atoms with Gasteiger partial charge in [-0.2, -0.15) is 26.3 Å². The predicted octanol–water partition coefficient (Wildman–Crippen LogP) is 3.76. The second kappa shape index (κ2) is 8.90. The second-order valence-corrected chi connectivity index (χ2v) is 7.04. The lowest BCUT2D eigenvalue weighted by molar-refractivity contribution is -0.142. The number of nitrogens with one attached hydrogen (secondary N) is 2. The minimum Gasteiger partial charge on any atom is -0.291 e. The molecule has 0 atom stereocenters. The average molecular weight is 454 g/mol. The molecule has 0 saturated heterocycles. The van der Waals surface area contributed by atoms with Crippen LogP contribution in [0, 0.1) is 0 Å². The highest BCUT2D eigenvalue weighted by Gasteiger charge is 2.37. The molecule has 1 aromatic carbocycles. The third kappa shape index (κ3) is 5.84. The van der Waals surface area contributed by atoms with Gasteiger partial charge in [0.15, 0.2) is 0 Å². The van der Waals surface area contributed by atoms with Gasteiger partial charge in [-0.05, 0) is 12.1 Å². The van der Waals surface area contributed by atoms with Gasteiger partial charge in [-0.25, -0.2) is 0 Å². The molecule has 3 aromatic rings. The Balaban J connectivity index is 0.000000248. The molecule has 0 aliphatic rings. The molecule has 0 spiro atoms. The molecular weight excluding hydrogens is 438 g/mol. The molecule has 0 aliphatic carbocycles. The molecule has 30 heavy (non-hydrogen) atoms.